The number of rotatable bonds is 2. The Hall–Kier alpha value is -1.55. The molecule has 0 spiro atoms. The molecule has 0 bridgehead atoms. The maximum absolute atomic E-state index is 11.8. The van der Waals surface area contributed by atoms with Crippen molar-refractivity contribution >= 4 is 5.97 Å². The van der Waals surface area contributed by atoms with Gasteiger partial charge < -0.3 is 9.47 Å². The van der Waals surface area contributed by atoms with Crippen LogP contribution in [0.25, 0.3) is 0 Å². The van der Waals surface area contributed by atoms with E-state index in [-0.39, 0.29) is 11.9 Å². The van der Waals surface area contributed by atoms with E-state index in [1.807, 2.05) is 12.1 Å². The summed E-state index contributed by atoms with van der Waals surface area (Å²) in [5.41, 5.74) is 1.98. The number of carbonyl (C=O) groups is 1. The van der Waals surface area contributed by atoms with E-state index in [0.717, 1.165) is 12.2 Å². The zero-order chi connectivity index (χ0) is 12.0. The first kappa shape index (κ1) is 10.6. The Morgan fingerprint density at radius 1 is 1.47 bits per heavy atom. The maximum Gasteiger partial charge on any atom is 0.326 e. The molecule has 1 aromatic carbocycles. The molecule has 2 aliphatic rings. The molecule has 1 N–H and O–H groups in total. The van der Waals surface area contributed by atoms with Crippen LogP contribution >= 0.6 is 0 Å². The highest BCUT2D eigenvalue weighted by Gasteiger charge is 2.63. The second-order valence-corrected chi connectivity index (χ2v) is 4.64. The zero-order valence-electron chi connectivity index (χ0n) is 9.95. The summed E-state index contributed by atoms with van der Waals surface area (Å²) in [6.07, 6.45) is 0.819. The van der Waals surface area contributed by atoms with Crippen LogP contribution in [0.4, 0.5) is 0 Å². The molecule has 0 aromatic heterocycles. The van der Waals surface area contributed by atoms with Crippen molar-refractivity contribution in [3.8, 4) is 5.75 Å². The van der Waals surface area contributed by atoms with Crippen molar-refractivity contribution in [3.05, 3.63) is 29.3 Å². The van der Waals surface area contributed by atoms with E-state index in [4.69, 9.17) is 9.47 Å². The topological polar surface area (TPSA) is 47.6 Å². The van der Waals surface area contributed by atoms with Crippen LogP contribution in [0.5, 0.6) is 5.75 Å². The molecule has 1 fully saturated rings. The van der Waals surface area contributed by atoms with E-state index < -0.39 is 5.54 Å². The van der Waals surface area contributed by atoms with Gasteiger partial charge in [-0.05, 0) is 29.7 Å². The van der Waals surface area contributed by atoms with Crippen LogP contribution in [-0.2, 0) is 16.1 Å². The van der Waals surface area contributed by atoms with Crippen LogP contribution in [0.2, 0.25) is 0 Å². The molecule has 1 heterocycles. The summed E-state index contributed by atoms with van der Waals surface area (Å²) in [4.78, 5) is 11.8. The molecule has 0 radical (unpaired) electrons. The summed E-state index contributed by atoms with van der Waals surface area (Å²) >= 11 is 0. The van der Waals surface area contributed by atoms with Gasteiger partial charge in [0.05, 0.1) is 14.2 Å². The van der Waals surface area contributed by atoms with Gasteiger partial charge in [-0.3, -0.25) is 10.1 Å². The first-order chi connectivity index (χ1) is 8.21. The van der Waals surface area contributed by atoms with Crippen molar-refractivity contribution in [2.24, 2.45) is 0 Å². The van der Waals surface area contributed by atoms with Gasteiger partial charge in [-0.1, -0.05) is 6.07 Å². The zero-order valence-corrected chi connectivity index (χ0v) is 9.95. The molecular weight excluding hydrogens is 218 g/mol. The van der Waals surface area contributed by atoms with Gasteiger partial charge in [0.25, 0.3) is 0 Å². The minimum absolute atomic E-state index is 0.157. The van der Waals surface area contributed by atoms with Crippen molar-refractivity contribution in [2.45, 2.75) is 24.4 Å². The minimum Gasteiger partial charge on any atom is -0.497 e. The fraction of sp³-hybridized carbons (Fsp3) is 0.462. The lowest BCUT2D eigenvalue weighted by atomic mass is 9.95. The predicted molar refractivity (Wildman–Crippen MR) is 61.9 cm³/mol. The molecule has 1 saturated carbocycles. The number of benzene rings is 1. The average Bonchev–Trinajstić information content (AvgIpc) is 3.13. The standard InChI is InChI=1S/C13H15NO3/c1-16-9-4-3-8-7-14-13(12(15)17-2)6-11(13)10(8)5-9/h3-5,11,14H,6-7H2,1-2H3/t11-,13-/m0/s1. The highest BCUT2D eigenvalue weighted by Crippen LogP contribution is 2.56. The summed E-state index contributed by atoms with van der Waals surface area (Å²) in [5.74, 6) is 0.918. The van der Waals surface area contributed by atoms with E-state index in [1.165, 1.54) is 18.2 Å². The summed E-state index contributed by atoms with van der Waals surface area (Å²) in [5, 5.41) is 3.30. The third-order valence-corrected chi connectivity index (χ3v) is 3.83. The van der Waals surface area contributed by atoms with Crippen LogP contribution in [0.1, 0.15) is 23.5 Å². The van der Waals surface area contributed by atoms with Crippen LogP contribution < -0.4 is 10.1 Å². The summed E-state index contributed by atoms with van der Waals surface area (Å²) < 4.78 is 10.1. The van der Waals surface area contributed by atoms with Gasteiger partial charge in [0.15, 0.2) is 0 Å². The monoisotopic (exact) mass is 233 g/mol. The van der Waals surface area contributed by atoms with E-state index in [0.29, 0.717) is 6.54 Å². The third kappa shape index (κ3) is 1.37. The average molecular weight is 233 g/mol. The molecule has 2 atom stereocenters. The molecule has 0 unspecified atom stereocenters. The summed E-state index contributed by atoms with van der Waals surface area (Å²) in [6, 6.07) is 6.04. The number of esters is 1. The van der Waals surface area contributed by atoms with Crippen molar-refractivity contribution in [3.63, 3.8) is 0 Å². The molecule has 17 heavy (non-hydrogen) atoms. The van der Waals surface area contributed by atoms with Gasteiger partial charge in [-0.25, -0.2) is 0 Å². The van der Waals surface area contributed by atoms with Crippen molar-refractivity contribution in [1.29, 1.82) is 0 Å². The van der Waals surface area contributed by atoms with E-state index in [9.17, 15) is 4.79 Å². The number of nitrogens with one attached hydrogen (secondary N) is 1. The Labute approximate surface area is 99.9 Å². The molecule has 1 aliphatic carbocycles. The largest absolute Gasteiger partial charge is 0.497 e. The highest BCUT2D eigenvalue weighted by atomic mass is 16.5. The lowest BCUT2D eigenvalue weighted by Gasteiger charge is -2.24. The van der Waals surface area contributed by atoms with Gasteiger partial charge in [-0.15, -0.1) is 0 Å². The number of methoxy groups -OCH3 is 2. The number of hydrogen-bond donors (Lipinski definition) is 1. The number of carbonyl (C=O) groups excluding carboxylic acids is 1. The van der Waals surface area contributed by atoms with Gasteiger partial charge in [0.2, 0.25) is 0 Å². The van der Waals surface area contributed by atoms with Crippen LogP contribution in [0.15, 0.2) is 18.2 Å². The van der Waals surface area contributed by atoms with Gasteiger partial charge in [-0.2, -0.15) is 0 Å². The van der Waals surface area contributed by atoms with Gasteiger partial charge >= 0.3 is 5.97 Å². The Morgan fingerprint density at radius 3 is 3.00 bits per heavy atom. The minimum atomic E-state index is -0.478. The van der Waals surface area contributed by atoms with Crippen LogP contribution in [0.3, 0.4) is 0 Å². The Morgan fingerprint density at radius 2 is 2.29 bits per heavy atom. The van der Waals surface area contributed by atoms with E-state index in [1.54, 1.807) is 7.11 Å². The number of hydrogen-bond acceptors (Lipinski definition) is 4. The number of ether oxygens (including phenoxy) is 2. The SMILES string of the molecule is COC(=O)[C@]12C[C@H]1c1cc(OC)ccc1CN2. The van der Waals surface area contributed by atoms with E-state index >= 15 is 0 Å². The first-order valence-corrected chi connectivity index (χ1v) is 5.71. The molecule has 1 aromatic rings. The fourth-order valence-electron chi connectivity index (χ4n) is 2.75. The molecule has 4 nitrogen and oxygen atoms in total. The highest BCUT2D eigenvalue weighted by molar-refractivity contribution is 5.87. The van der Waals surface area contributed by atoms with Crippen LogP contribution in [-0.4, -0.2) is 25.7 Å². The predicted octanol–water partition coefficient (Wildman–Crippen LogP) is 1.20. The van der Waals surface area contributed by atoms with Gasteiger partial charge in [0, 0.05) is 12.5 Å². The quantitative estimate of drug-likeness (QED) is 0.780. The maximum atomic E-state index is 11.8. The van der Waals surface area contributed by atoms with Crippen molar-refractivity contribution in [2.75, 3.05) is 14.2 Å². The lowest BCUT2D eigenvalue weighted by molar-refractivity contribution is -0.144. The Bertz CT molecular complexity index is 486. The van der Waals surface area contributed by atoms with Crippen LogP contribution in [0, 0.1) is 0 Å². The smallest absolute Gasteiger partial charge is 0.326 e. The van der Waals surface area contributed by atoms with Gasteiger partial charge in [0.1, 0.15) is 11.3 Å². The summed E-state index contributed by atoms with van der Waals surface area (Å²) in [6.45, 7) is 0.713. The summed E-state index contributed by atoms with van der Waals surface area (Å²) in [7, 11) is 3.10. The second-order valence-electron chi connectivity index (χ2n) is 4.64. The Balaban J connectivity index is 1.97. The normalized spacial score (nSPS) is 28.9. The Kier molecular flexibility index (Phi) is 2.16. The molecule has 3 rings (SSSR count). The second kappa shape index (κ2) is 3.47. The molecule has 1 aliphatic heterocycles. The molecule has 0 saturated heterocycles. The fourth-order valence-corrected chi connectivity index (χ4v) is 2.75. The third-order valence-electron chi connectivity index (χ3n) is 3.83. The number of fused-ring (bicyclic) bond motifs is 3. The van der Waals surface area contributed by atoms with Crippen molar-refractivity contribution < 1.29 is 14.3 Å². The molecular formula is C13H15NO3. The van der Waals surface area contributed by atoms with Crippen molar-refractivity contribution in [1.82, 2.24) is 5.32 Å². The molecule has 0 amide bonds. The lowest BCUT2D eigenvalue weighted by Crippen LogP contribution is -2.43. The molecule has 4 heteroatoms. The van der Waals surface area contributed by atoms with E-state index in [2.05, 4.69) is 11.4 Å². The first-order valence-electron chi connectivity index (χ1n) is 5.71. The molecule has 90 valence electrons.